The smallest absolute Gasteiger partial charge is 0.0279 e. The Labute approximate surface area is 81.1 Å². The summed E-state index contributed by atoms with van der Waals surface area (Å²) in [5, 5.41) is 6.79. The lowest BCUT2D eigenvalue weighted by Crippen LogP contribution is -2.40. The summed E-state index contributed by atoms with van der Waals surface area (Å²) < 4.78 is 0. The second-order valence-corrected chi connectivity index (χ2v) is 3.55. The van der Waals surface area contributed by atoms with E-state index < -0.39 is 0 Å². The van der Waals surface area contributed by atoms with E-state index in [1.807, 2.05) is 12.2 Å². The standard InChI is InChI=1S/C11H20N2/c1-3-7-13-11(4-2)10-5-8-12-9-6-10/h3-4,10-13H,1-2,5-9H2. The van der Waals surface area contributed by atoms with Crippen molar-refractivity contribution in [2.75, 3.05) is 19.6 Å². The highest BCUT2D eigenvalue weighted by molar-refractivity contribution is 4.94. The van der Waals surface area contributed by atoms with Crippen LogP contribution < -0.4 is 10.6 Å². The number of nitrogens with one attached hydrogen (secondary N) is 2. The summed E-state index contributed by atoms with van der Waals surface area (Å²) in [6, 6.07) is 0.458. The monoisotopic (exact) mass is 180 g/mol. The zero-order valence-electron chi connectivity index (χ0n) is 8.26. The van der Waals surface area contributed by atoms with Crippen molar-refractivity contribution in [3.05, 3.63) is 25.3 Å². The second-order valence-electron chi connectivity index (χ2n) is 3.55. The summed E-state index contributed by atoms with van der Waals surface area (Å²) in [5.41, 5.74) is 0. The third-order valence-corrected chi connectivity index (χ3v) is 2.64. The van der Waals surface area contributed by atoms with Gasteiger partial charge in [-0.2, -0.15) is 0 Å². The topological polar surface area (TPSA) is 24.1 Å². The maximum absolute atomic E-state index is 3.87. The van der Waals surface area contributed by atoms with Gasteiger partial charge in [0.05, 0.1) is 0 Å². The summed E-state index contributed by atoms with van der Waals surface area (Å²) >= 11 is 0. The van der Waals surface area contributed by atoms with Crippen LogP contribution in [0.5, 0.6) is 0 Å². The quantitative estimate of drug-likeness (QED) is 0.623. The van der Waals surface area contributed by atoms with Crippen molar-refractivity contribution >= 4 is 0 Å². The molecule has 1 aliphatic heterocycles. The molecule has 1 fully saturated rings. The van der Waals surface area contributed by atoms with Crippen molar-refractivity contribution in [2.24, 2.45) is 5.92 Å². The Kier molecular flexibility index (Phi) is 4.79. The lowest BCUT2D eigenvalue weighted by Gasteiger charge is -2.29. The van der Waals surface area contributed by atoms with E-state index in [2.05, 4.69) is 23.8 Å². The fraction of sp³-hybridized carbons (Fsp3) is 0.636. The van der Waals surface area contributed by atoms with E-state index in [1.165, 1.54) is 12.8 Å². The minimum atomic E-state index is 0.458. The summed E-state index contributed by atoms with van der Waals surface area (Å²) in [7, 11) is 0. The fourth-order valence-electron chi connectivity index (χ4n) is 1.87. The lowest BCUT2D eigenvalue weighted by atomic mass is 9.90. The van der Waals surface area contributed by atoms with E-state index in [-0.39, 0.29) is 0 Å². The zero-order valence-corrected chi connectivity index (χ0v) is 8.26. The van der Waals surface area contributed by atoms with Crippen molar-refractivity contribution in [2.45, 2.75) is 18.9 Å². The molecule has 2 N–H and O–H groups in total. The van der Waals surface area contributed by atoms with E-state index in [4.69, 9.17) is 0 Å². The Bertz CT molecular complexity index is 159. The van der Waals surface area contributed by atoms with Crippen molar-refractivity contribution in [1.82, 2.24) is 10.6 Å². The van der Waals surface area contributed by atoms with Crippen LogP contribution in [0, 0.1) is 5.92 Å². The van der Waals surface area contributed by atoms with E-state index in [0.717, 1.165) is 25.6 Å². The van der Waals surface area contributed by atoms with Gasteiger partial charge in [0.15, 0.2) is 0 Å². The van der Waals surface area contributed by atoms with Gasteiger partial charge in [-0.3, -0.25) is 0 Å². The maximum Gasteiger partial charge on any atom is 0.0279 e. The molecule has 0 amide bonds. The highest BCUT2D eigenvalue weighted by atomic mass is 14.9. The SMILES string of the molecule is C=CCNC(C=C)C1CCNCC1. The summed E-state index contributed by atoms with van der Waals surface area (Å²) in [6.45, 7) is 10.7. The molecular formula is C11H20N2. The molecule has 13 heavy (non-hydrogen) atoms. The molecule has 0 bridgehead atoms. The van der Waals surface area contributed by atoms with Gasteiger partial charge in [-0.15, -0.1) is 13.2 Å². The molecule has 0 aromatic rings. The molecule has 2 nitrogen and oxygen atoms in total. The molecule has 1 saturated heterocycles. The summed E-state index contributed by atoms with van der Waals surface area (Å²) in [5.74, 6) is 0.749. The van der Waals surface area contributed by atoms with Crippen LogP contribution in [0.2, 0.25) is 0 Å². The predicted octanol–water partition coefficient (Wildman–Crippen LogP) is 1.32. The first-order valence-corrected chi connectivity index (χ1v) is 5.06. The number of rotatable bonds is 5. The molecule has 0 aliphatic carbocycles. The summed E-state index contributed by atoms with van der Waals surface area (Å²) in [4.78, 5) is 0. The Morgan fingerprint density at radius 3 is 2.62 bits per heavy atom. The van der Waals surface area contributed by atoms with Gasteiger partial charge in [0.2, 0.25) is 0 Å². The first kappa shape index (κ1) is 10.5. The van der Waals surface area contributed by atoms with Gasteiger partial charge in [0.25, 0.3) is 0 Å². The van der Waals surface area contributed by atoms with Gasteiger partial charge < -0.3 is 10.6 Å². The van der Waals surface area contributed by atoms with Crippen LogP contribution in [0.25, 0.3) is 0 Å². The molecule has 1 aliphatic rings. The minimum Gasteiger partial charge on any atom is -0.317 e. The molecule has 1 unspecified atom stereocenters. The molecule has 1 rings (SSSR count). The minimum absolute atomic E-state index is 0.458. The third-order valence-electron chi connectivity index (χ3n) is 2.64. The van der Waals surface area contributed by atoms with Gasteiger partial charge in [-0.05, 0) is 31.8 Å². The third kappa shape index (κ3) is 3.33. The van der Waals surface area contributed by atoms with E-state index >= 15 is 0 Å². The van der Waals surface area contributed by atoms with Gasteiger partial charge >= 0.3 is 0 Å². The van der Waals surface area contributed by atoms with E-state index in [9.17, 15) is 0 Å². The largest absolute Gasteiger partial charge is 0.317 e. The van der Waals surface area contributed by atoms with Crippen molar-refractivity contribution < 1.29 is 0 Å². The highest BCUT2D eigenvalue weighted by Gasteiger charge is 2.19. The Morgan fingerprint density at radius 1 is 1.38 bits per heavy atom. The molecular weight excluding hydrogens is 160 g/mol. The molecule has 74 valence electrons. The number of hydrogen-bond donors (Lipinski definition) is 2. The number of hydrogen-bond acceptors (Lipinski definition) is 2. The van der Waals surface area contributed by atoms with Crippen LogP contribution in [0.1, 0.15) is 12.8 Å². The molecule has 1 heterocycles. The van der Waals surface area contributed by atoms with E-state index in [1.54, 1.807) is 0 Å². The lowest BCUT2D eigenvalue weighted by molar-refractivity contribution is 0.319. The first-order chi connectivity index (χ1) is 6.38. The Balaban J connectivity index is 2.34. The van der Waals surface area contributed by atoms with E-state index in [0.29, 0.717) is 6.04 Å². The average molecular weight is 180 g/mol. The van der Waals surface area contributed by atoms with Gasteiger partial charge in [0.1, 0.15) is 0 Å². The molecule has 2 heteroatoms. The van der Waals surface area contributed by atoms with Crippen LogP contribution in [0.3, 0.4) is 0 Å². The molecule has 0 aromatic heterocycles. The Hall–Kier alpha value is -0.600. The molecule has 1 atom stereocenters. The van der Waals surface area contributed by atoms with Crippen LogP contribution in [-0.2, 0) is 0 Å². The summed E-state index contributed by atoms with van der Waals surface area (Å²) in [6.07, 6.45) is 6.43. The molecule has 0 aromatic carbocycles. The molecule has 0 spiro atoms. The predicted molar refractivity (Wildman–Crippen MR) is 57.8 cm³/mol. The molecule has 0 saturated carbocycles. The van der Waals surface area contributed by atoms with Gasteiger partial charge in [-0.25, -0.2) is 0 Å². The fourth-order valence-corrected chi connectivity index (χ4v) is 1.87. The van der Waals surface area contributed by atoms with Gasteiger partial charge in [-0.1, -0.05) is 12.2 Å². The van der Waals surface area contributed by atoms with Crippen LogP contribution >= 0.6 is 0 Å². The zero-order chi connectivity index (χ0) is 9.52. The molecule has 0 radical (unpaired) electrons. The van der Waals surface area contributed by atoms with Crippen LogP contribution in [0.4, 0.5) is 0 Å². The van der Waals surface area contributed by atoms with Crippen molar-refractivity contribution in [3.63, 3.8) is 0 Å². The highest BCUT2D eigenvalue weighted by Crippen LogP contribution is 2.16. The van der Waals surface area contributed by atoms with Crippen LogP contribution in [0.15, 0.2) is 25.3 Å². The van der Waals surface area contributed by atoms with Crippen LogP contribution in [-0.4, -0.2) is 25.7 Å². The van der Waals surface area contributed by atoms with Crippen molar-refractivity contribution in [1.29, 1.82) is 0 Å². The van der Waals surface area contributed by atoms with Crippen molar-refractivity contribution in [3.8, 4) is 0 Å². The average Bonchev–Trinajstić information content (AvgIpc) is 2.21. The van der Waals surface area contributed by atoms with Gasteiger partial charge in [0, 0.05) is 12.6 Å². The number of piperidine rings is 1. The Morgan fingerprint density at radius 2 is 2.08 bits per heavy atom. The maximum atomic E-state index is 3.87. The second kappa shape index (κ2) is 5.95. The normalized spacial score (nSPS) is 20.9. The first-order valence-electron chi connectivity index (χ1n) is 5.06.